The number of nitrogens with one attached hydrogen (secondary N) is 1. The quantitative estimate of drug-likeness (QED) is 0.861. The van der Waals surface area contributed by atoms with E-state index < -0.39 is 0 Å². The molecule has 15 heavy (non-hydrogen) atoms. The molecule has 0 aliphatic rings. The highest BCUT2D eigenvalue weighted by Crippen LogP contribution is 2.25. The Labute approximate surface area is 100.0 Å². The highest BCUT2D eigenvalue weighted by Gasteiger charge is 2.18. The van der Waals surface area contributed by atoms with Gasteiger partial charge in [-0.15, -0.1) is 0 Å². The number of aromatic nitrogens is 1. The standard InChI is InChI=1S/C10H15Cl2N3/c1-10(2,3-4-13)15-9-8(12)5-7(11)6-14-9/h5-6H,3-4,13H2,1-2H3,(H,14,15). The molecule has 1 heterocycles. The smallest absolute Gasteiger partial charge is 0.145 e. The summed E-state index contributed by atoms with van der Waals surface area (Å²) in [5.41, 5.74) is 5.39. The van der Waals surface area contributed by atoms with Gasteiger partial charge in [0.2, 0.25) is 0 Å². The maximum atomic E-state index is 6.00. The van der Waals surface area contributed by atoms with Crippen LogP contribution in [-0.2, 0) is 0 Å². The van der Waals surface area contributed by atoms with E-state index in [4.69, 9.17) is 28.9 Å². The van der Waals surface area contributed by atoms with Gasteiger partial charge in [0.05, 0.1) is 10.0 Å². The lowest BCUT2D eigenvalue weighted by Gasteiger charge is -2.26. The first-order valence-corrected chi connectivity index (χ1v) is 5.49. The number of nitrogens with zero attached hydrogens (tertiary/aromatic N) is 1. The van der Waals surface area contributed by atoms with Gasteiger partial charge in [0.1, 0.15) is 5.82 Å². The van der Waals surface area contributed by atoms with E-state index in [1.54, 1.807) is 12.3 Å². The van der Waals surface area contributed by atoms with E-state index in [1.807, 2.05) is 13.8 Å². The molecule has 0 amide bonds. The van der Waals surface area contributed by atoms with Gasteiger partial charge >= 0.3 is 0 Å². The van der Waals surface area contributed by atoms with Gasteiger partial charge in [-0.05, 0) is 32.9 Å². The van der Waals surface area contributed by atoms with Crippen LogP contribution in [0.5, 0.6) is 0 Å². The van der Waals surface area contributed by atoms with Crippen LogP contribution in [0.4, 0.5) is 5.82 Å². The number of halogens is 2. The molecule has 0 spiro atoms. The normalized spacial score (nSPS) is 11.5. The molecule has 0 unspecified atom stereocenters. The molecule has 3 nitrogen and oxygen atoms in total. The van der Waals surface area contributed by atoms with Crippen LogP contribution in [0, 0.1) is 0 Å². The molecule has 5 heteroatoms. The molecule has 3 N–H and O–H groups in total. The van der Waals surface area contributed by atoms with Crippen LogP contribution in [0.1, 0.15) is 20.3 Å². The lowest BCUT2D eigenvalue weighted by molar-refractivity contribution is 0.524. The van der Waals surface area contributed by atoms with Crippen molar-refractivity contribution in [3.63, 3.8) is 0 Å². The van der Waals surface area contributed by atoms with E-state index in [9.17, 15) is 0 Å². The van der Waals surface area contributed by atoms with Crippen LogP contribution >= 0.6 is 23.2 Å². The number of rotatable bonds is 4. The van der Waals surface area contributed by atoms with Gasteiger partial charge in [-0.3, -0.25) is 0 Å². The Morgan fingerprint density at radius 1 is 1.47 bits per heavy atom. The second-order valence-electron chi connectivity index (χ2n) is 4.03. The first-order chi connectivity index (χ1) is 6.94. The first-order valence-electron chi connectivity index (χ1n) is 4.74. The van der Waals surface area contributed by atoms with Crippen molar-refractivity contribution in [2.75, 3.05) is 11.9 Å². The predicted octanol–water partition coefficient (Wildman–Crippen LogP) is 2.93. The molecule has 0 aromatic carbocycles. The van der Waals surface area contributed by atoms with Crippen molar-refractivity contribution in [2.45, 2.75) is 25.8 Å². The van der Waals surface area contributed by atoms with Crippen molar-refractivity contribution in [2.24, 2.45) is 5.73 Å². The summed E-state index contributed by atoms with van der Waals surface area (Å²) in [6, 6.07) is 1.66. The van der Waals surface area contributed by atoms with E-state index in [0.717, 1.165) is 6.42 Å². The number of hydrogen-bond acceptors (Lipinski definition) is 3. The van der Waals surface area contributed by atoms with E-state index >= 15 is 0 Å². The molecule has 0 radical (unpaired) electrons. The number of nitrogens with two attached hydrogens (primary N) is 1. The Balaban J connectivity index is 2.80. The zero-order valence-corrected chi connectivity index (χ0v) is 10.4. The van der Waals surface area contributed by atoms with Gasteiger partial charge in [0.25, 0.3) is 0 Å². The summed E-state index contributed by atoms with van der Waals surface area (Å²) in [5.74, 6) is 0.638. The summed E-state index contributed by atoms with van der Waals surface area (Å²) in [6.07, 6.45) is 2.40. The highest BCUT2D eigenvalue weighted by molar-refractivity contribution is 6.35. The Kier molecular flexibility index (Phi) is 4.20. The van der Waals surface area contributed by atoms with Crippen molar-refractivity contribution >= 4 is 29.0 Å². The molecule has 1 aromatic rings. The average Bonchev–Trinajstić information content (AvgIpc) is 2.09. The van der Waals surface area contributed by atoms with Crippen LogP contribution < -0.4 is 11.1 Å². The minimum atomic E-state index is -0.126. The van der Waals surface area contributed by atoms with E-state index in [0.29, 0.717) is 22.4 Å². The molecule has 0 bridgehead atoms. The molecule has 1 rings (SSSR count). The summed E-state index contributed by atoms with van der Waals surface area (Å²) >= 11 is 11.7. The number of pyridine rings is 1. The van der Waals surface area contributed by atoms with Gasteiger partial charge in [-0.2, -0.15) is 0 Å². The van der Waals surface area contributed by atoms with Crippen molar-refractivity contribution in [1.29, 1.82) is 0 Å². The van der Waals surface area contributed by atoms with E-state index in [-0.39, 0.29) is 5.54 Å². The van der Waals surface area contributed by atoms with Crippen molar-refractivity contribution in [3.8, 4) is 0 Å². The molecule has 0 saturated carbocycles. The Bertz CT molecular complexity index is 339. The molecule has 84 valence electrons. The maximum absolute atomic E-state index is 6.00. The number of hydrogen-bond donors (Lipinski definition) is 2. The minimum Gasteiger partial charge on any atom is -0.364 e. The summed E-state index contributed by atoms with van der Waals surface area (Å²) in [5, 5.41) is 4.28. The third kappa shape index (κ3) is 3.86. The summed E-state index contributed by atoms with van der Waals surface area (Å²) in [6.45, 7) is 4.71. The van der Waals surface area contributed by atoms with Crippen LogP contribution in [0.3, 0.4) is 0 Å². The fourth-order valence-electron chi connectivity index (χ4n) is 1.25. The summed E-state index contributed by atoms with van der Waals surface area (Å²) in [7, 11) is 0. The second kappa shape index (κ2) is 5.01. The van der Waals surface area contributed by atoms with Gasteiger partial charge in [-0.1, -0.05) is 23.2 Å². The van der Waals surface area contributed by atoms with Gasteiger partial charge in [-0.25, -0.2) is 4.98 Å². The minimum absolute atomic E-state index is 0.126. The highest BCUT2D eigenvalue weighted by atomic mass is 35.5. The van der Waals surface area contributed by atoms with Crippen LogP contribution in [0.25, 0.3) is 0 Å². The molecule has 1 aromatic heterocycles. The third-order valence-electron chi connectivity index (χ3n) is 2.03. The van der Waals surface area contributed by atoms with Crippen molar-refractivity contribution in [3.05, 3.63) is 22.3 Å². The summed E-state index contributed by atoms with van der Waals surface area (Å²) < 4.78 is 0. The number of anilines is 1. The fourth-order valence-corrected chi connectivity index (χ4v) is 1.68. The van der Waals surface area contributed by atoms with E-state index in [2.05, 4.69) is 10.3 Å². The molecule has 0 atom stereocenters. The first kappa shape index (κ1) is 12.6. The topological polar surface area (TPSA) is 50.9 Å². The van der Waals surface area contributed by atoms with Crippen molar-refractivity contribution < 1.29 is 0 Å². The van der Waals surface area contributed by atoms with E-state index in [1.165, 1.54) is 0 Å². The molecular formula is C10H15Cl2N3. The van der Waals surface area contributed by atoms with Crippen LogP contribution in [-0.4, -0.2) is 17.1 Å². The largest absolute Gasteiger partial charge is 0.364 e. The molecule has 0 fully saturated rings. The Morgan fingerprint density at radius 2 is 2.13 bits per heavy atom. The molecule has 0 aliphatic carbocycles. The third-order valence-corrected chi connectivity index (χ3v) is 2.53. The van der Waals surface area contributed by atoms with Gasteiger partial charge in [0.15, 0.2) is 0 Å². The van der Waals surface area contributed by atoms with Gasteiger partial charge < -0.3 is 11.1 Å². The van der Waals surface area contributed by atoms with Crippen molar-refractivity contribution in [1.82, 2.24) is 4.98 Å². The average molecular weight is 248 g/mol. The second-order valence-corrected chi connectivity index (χ2v) is 4.88. The van der Waals surface area contributed by atoms with Gasteiger partial charge in [0, 0.05) is 11.7 Å². The lowest BCUT2D eigenvalue weighted by atomic mass is 10.0. The molecule has 0 saturated heterocycles. The Hall–Kier alpha value is -0.510. The fraction of sp³-hybridized carbons (Fsp3) is 0.500. The monoisotopic (exact) mass is 247 g/mol. The summed E-state index contributed by atoms with van der Waals surface area (Å²) in [4.78, 5) is 4.13. The molecular weight excluding hydrogens is 233 g/mol. The zero-order valence-electron chi connectivity index (χ0n) is 8.85. The van der Waals surface area contributed by atoms with Crippen LogP contribution in [0.15, 0.2) is 12.3 Å². The predicted molar refractivity (Wildman–Crippen MR) is 65.6 cm³/mol. The SMILES string of the molecule is CC(C)(CCN)Nc1ncc(Cl)cc1Cl. The van der Waals surface area contributed by atoms with Crippen LogP contribution in [0.2, 0.25) is 10.0 Å². The Morgan fingerprint density at radius 3 is 2.67 bits per heavy atom. The maximum Gasteiger partial charge on any atom is 0.145 e. The lowest BCUT2D eigenvalue weighted by Crippen LogP contribution is -2.33. The molecule has 0 aliphatic heterocycles. The zero-order chi connectivity index (χ0) is 11.5.